The van der Waals surface area contributed by atoms with Crippen molar-refractivity contribution < 1.29 is 4.74 Å². The summed E-state index contributed by atoms with van der Waals surface area (Å²) in [6, 6.07) is 3.64. The van der Waals surface area contributed by atoms with Gasteiger partial charge in [-0.3, -0.25) is 0 Å². The van der Waals surface area contributed by atoms with Crippen molar-refractivity contribution in [2.45, 2.75) is 40.0 Å². The Balaban J connectivity index is 2.64. The van der Waals surface area contributed by atoms with Gasteiger partial charge in [0, 0.05) is 5.69 Å². The van der Waals surface area contributed by atoms with Crippen LogP contribution in [0, 0.1) is 6.92 Å². The van der Waals surface area contributed by atoms with Gasteiger partial charge >= 0.3 is 0 Å². The van der Waals surface area contributed by atoms with Crippen LogP contribution in [0.2, 0.25) is 5.15 Å². The summed E-state index contributed by atoms with van der Waals surface area (Å²) in [7, 11) is 1.59. The molecule has 2 rings (SSSR count). The van der Waals surface area contributed by atoms with Gasteiger partial charge in [-0.15, -0.1) is 0 Å². The largest absolute Gasteiger partial charge is 0.479 e. The van der Waals surface area contributed by atoms with E-state index in [1.807, 2.05) is 10.7 Å². The van der Waals surface area contributed by atoms with Crippen molar-refractivity contribution in [1.82, 2.24) is 14.8 Å². The number of halogens is 1. The average molecular weight is 294 g/mol. The lowest BCUT2D eigenvalue weighted by atomic mass is 10.00. The molecule has 0 radical (unpaired) electrons. The third kappa shape index (κ3) is 2.52. The minimum absolute atomic E-state index is 0.412. The van der Waals surface area contributed by atoms with E-state index in [1.54, 1.807) is 13.2 Å². The van der Waals surface area contributed by atoms with Gasteiger partial charge in [0.1, 0.15) is 10.8 Å². The third-order valence-corrected chi connectivity index (χ3v) is 3.59. The number of aromatic nitrogens is 3. The number of hydrogen-bond acceptors (Lipinski definition) is 3. The number of nitrogens with zero attached hydrogens (tertiary/aromatic N) is 3. The van der Waals surface area contributed by atoms with Crippen LogP contribution < -0.4 is 4.74 Å². The van der Waals surface area contributed by atoms with Crippen molar-refractivity contribution in [2.24, 2.45) is 0 Å². The molecule has 2 aromatic heterocycles. The highest BCUT2D eigenvalue weighted by Crippen LogP contribution is 2.29. The maximum atomic E-state index is 5.92. The second-order valence-corrected chi connectivity index (χ2v) is 5.42. The molecule has 0 aliphatic carbocycles. The molecule has 0 saturated heterocycles. The third-order valence-electron chi connectivity index (χ3n) is 3.38. The minimum atomic E-state index is 0.412. The van der Waals surface area contributed by atoms with Gasteiger partial charge in [-0.2, -0.15) is 10.1 Å². The number of ether oxygens (including phenoxy) is 1. The second kappa shape index (κ2) is 5.83. The van der Waals surface area contributed by atoms with Gasteiger partial charge in [0.05, 0.1) is 12.8 Å². The van der Waals surface area contributed by atoms with Crippen LogP contribution in [-0.2, 0) is 6.42 Å². The fourth-order valence-electron chi connectivity index (χ4n) is 2.54. The molecule has 0 bridgehead atoms. The van der Waals surface area contributed by atoms with Crippen LogP contribution in [0.4, 0.5) is 0 Å². The average Bonchev–Trinajstić information content (AvgIpc) is 2.75. The van der Waals surface area contributed by atoms with E-state index in [9.17, 15) is 0 Å². The highest BCUT2D eigenvalue weighted by atomic mass is 35.5. The zero-order chi connectivity index (χ0) is 14.9. The van der Waals surface area contributed by atoms with Gasteiger partial charge in [-0.05, 0) is 37.0 Å². The SMILES string of the molecule is CCc1nn(-c2ccc(Cl)nc2OC)c(C)c1C(C)C. The van der Waals surface area contributed by atoms with E-state index >= 15 is 0 Å². The summed E-state index contributed by atoms with van der Waals surface area (Å²) >= 11 is 5.92. The Kier molecular flexibility index (Phi) is 4.33. The normalized spacial score (nSPS) is 11.2. The number of pyridine rings is 1. The zero-order valence-electron chi connectivity index (χ0n) is 12.6. The van der Waals surface area contributed by atoms with E-state index in [2.05, 4.69) is 32.7 Å². The molecule has 2 heterocycles. The van der Waals surface area contributed by atoms with Crippen molar-refractivity contribution in [3.63, 3.8) is 0 Å². The molecule has 0 amide bonds. The van der Waals surface area contributed by atoms with E-state index < -0.39 is 0 Å². The Labute approximate surface area is 124 Å². The minimum Gasteiger partial charge on any atom is -0.479 e. The summed E-state index contributed by atoms with van der Waals surface area (Å²) in [5.41, 5.74) is 4.36. The van der Waals surface area contributed by atoms with Gasteiger partial charge < -0.3 is 4.74 Å². The monoisotopic (exact) mass is 293 g/mol. The fourth-order valence-corrected chi connectivity index (χ4v) is 2.68. The zero-order valence-corrected chi connectivity index (χ0v) is 13.3. The van der Waals surface area contributed by atoms with Crippen LogP contribution in [0.5, 0.6) is 5.88 Å². The highest BCUT2D eigenvalue weighted by molar-refractivity contribution is 6.29. The Morgan fingerprint density at radius 3 is 2.55 bits per heavy atom. The first-order valence-corrected chi connectivity index (χ1v) is 7.16. The van der Waals surface area contributed by atoms with Gasteiger partial charge in [0.2, 0.25) is 5.88 Å². The first-order valence-electron chi connectivity index (χ1n) is 6.78. The molecule has 4 nitrogen and oxygen atoms in total. The molecular weight excluding hydrogens is 274 g/mol. The van der Waals surface area contributed by atoms with E-state index in [4.69, 9.17) is 21.4 Å². The molecule has 0 spiro atoms. The quantitative estimate of drug-likeness (QED) is 0.802. The predicted octanol–water partition coefficient (Wildman–Crippen LogP) is 3.92. The Morgan fingerprint density at radius 1 is 1.35 bits per heavy atom. The predicted molar refractivity (Wildman–Crippen MR) is 81.1 cm³/mol. The smallest absolute Gasteiger partial charge is 0.241 e. The Bertz CT molecular complexity index is 620. The molecule has 0 unspecified atom stereocenters. The van der Waals surface area contributed by atoms with E-state index in [1.165, 1.54) is 5.56 Å². The summed E-state index contributed by atoms with van der Waals surface area (Å²) < 4.78 is 7.22. The van der Waals surface area contributed by atoms with Crippen LogP contribution in [0.15, 0.2) is 12.1 Å². The summed E-state index contributed by atoms with van der Waals surface area (Å²) in [6.45, 7) is 8.57. The molecule has 0 atom stereocenters. The van der Waals surface area contributed by atoms with Crippen LogP contribution in [-0.4, -0.2) is 21.9 Å². The lowest BCUT2D eigenvalue weighted by Gasteiger charge is -2.10. The molecule has 0 saturated carbocycles. The van der Waals surface area contributed by atoms with Crippen LogP contribution in [0.3, 0.4) is 0 Å². The molecule has 0 N–H and O–H groups in total. The van der Waals surface area contributed by atoms with Gasteiger partial charge in [0.25, 0.3) is 0 Å². The van der Waals surface area contributed by atoms with Crippen molar-refractivity contribution in [2.75, 3.05) is 7.11 Å². The van der Waals surface area contributed by atoms with Gasteiger partial charge in [0.15, 0.2) is 0 Å². The lowest BCUT2D eigenvalue weighted by Crippen LogP contribution is -2.04. The van der Waals surface area contributed by atoms with E-state index in [0.717, 1.165) is 23.5 Å². The molecule has 0 aliphatic rings. The molecule has 20 heavy (non-hydrogen) atoms. The number of rotatable bonds is 4. The van der Waals surface area contributed by atoms with Crippen molar-refractivity contribution in [3.8, 4) is 11.6 Å². The molecule has 5 heteroatoms. The van der Waals surface area contributed by atoms with Crippen LogP contribution in [0.25, 0.3) is 5.69 Å². The summed E-state index contributed by atoms with van der Waals surface area (Å²) in [5, 5.41) is 5.12. The van der Waals surface area contributed by atoms with Crippen molar-refractivity contribution >= 4 is 11.6 Å². The highest BCUT2D eigenvalue weighted by Gasteiger charge is 2.19. The van der Waals surface area contributed by atoms with Crippen LogP contribution in [0.1, 0.15) is 43.6 Å². The van der Waals surface area contributed by atoms with Gasteiger partial charge in [-0.25, -0.2) is 4.68 Å². The van der Waals surface area contributed by atoms with Crippen LogP contribution >= 0.6 is 11.6 Å². The first kappa shape index (κ1) is 14.9. The summed E-state index contributed by atoms with van der Waals surface area (Å²) in [6.07, 6.45) is 0.907. The van der Waals surface area contributed by atoms with Crippen molar-refractivity contribution in [3.05, 3.63) is 34.2 Å². The fraction of sp³-hybridized carbons (Fsp3) is 0.467. The second-order valence-electron chi connectivity index (χ2n) is 5.03. The topological polar surface area (TPSA) is 39.9 Å². The van der Waals surface area contributed by atoms with E-state index in [0.29, 0.717) is 17.0 Å². The molecule has 0 fully saturated rings. The number of aryl methyl sites for hydroxylation is 1. The lowest BCUT2D eigenvalue weighted by molar-refractivity contribution is 0.394. The summed E-state index contributed by atoms with van der Waals surface area (Å²) in [5.74, 6) is 0.922. The van der Waals surface area contributed by atoms with Gasteiger partial charge in [-0.1, -0.05) is 32.4 Å². The molecule has 0 aliphatic heterocycles. The molecule has 2 aromatic rings. The molecule has 0 aromatic carbocycles. The summed E-state index contributed by atoms with van der Waals surface area (Å²) in [4.78, 5) is 4.20. The molecule has 108 valence electrons. The first-order chi connectivity index (χ1) is 9.49. The van der Waals surface area contributed by atoms with Crippen molar-refractivity contribution in [1.29, 1.82) is 0 Å². The number of methoxy groups -OCH3 is 1. The molecular formula is C15H20ClN3O. The number of hydrogen-bond donors (Lipinski definition) is 0. The maximum absolute atomic E-state index is 5.92. The Morgan fingerprint density at radius 2 is 2.05 bits per heavy atom. The standard InChI is InChI=1S/C15H20ClN3O/c1-6-11-14(9(2)3)10(4)19(18-11)12-7-8-13(16)17-15(12)20-5/h7-9H,6H2,1-5H3. The Hall–Kier alpha value is -1.55. The maximum Gasteiger partial charge on any atom is 0.241 e. The van der Waals surface area contributed by atoms with E-state index in [-0.39, 0.29) is 0 Å².